The second-order valence-electron chi connectivity index (χ2n) is 19.0. The molecule has 4 aliphatic carbocycles. The predicted octanol–water partition coefficient (Wildman–Crippen LogP) is 17.0. The standard InChI is InChI=1S/C63H50N2/c1-4-12-44(13-5-1)46-20-30-55(31-21-46)64(56-32-22-47(23-33-56)45-14-6-2-7-15-45)57-34-24-48(25-35-57)49-26-36-58(37-27-49)65(61-19-11-10-18-60(61)50-16-8-3-9-17-50)59-38-28-51(29-39-59)62-42-53-40-52-41-54(43-62)63(52,53)62/h1-39,52-54H,40-43H2. The average molecular weight is 835 g/mol. The molecule has 312 valence electrons. The zero-order valence-electron chi connectivity index (χ0n) is 36.5. The molecule has 4 saturated carbocycles. The summed E-state index contributed by atoms with van der Waals surface area (Å²) in [5, 5.41) is 0. The molecule has 9 aromatic rings. The zero-order valence-corrected chi connectivity index (χ0v) is 36.5. The van der Waals surface area contributed by atoms with Crippen LogP contribution in [0, 0.1) is 23.2 Å². The topological polar surface area (TPSA) is 6.48 Å². The Labute approximate surface area is 383 Å². The molecule has 4 aliphatic rings. The lowest BCUT2D eigenvalue weighted by Crippen LogP contribution is -2.87. The minimum Gasteiger partial charge on any atom is -0.311 e. The van der Waals surface area contributed by atoms with Gasteiger partial charge in [0.1, 0.15) is 0 Å². The van der Waals surface area contributed by atoms with Gasteiger partial charge >= 0.3 is 0 Å². The van der Waals surface area contributed by atoms with Crippen molar-refractivity contribution < 1.29 is 0 Å². The number of rotatable bonds is 11. The van der Waals surface area contributed by atoms with Crippen LogP contribution in [0.4, 0.5) is 34.1 Å². The van der Waals surface area contributed by atoms with E-state index in [1.54, 1.807) is 5.56 Å². The van der Waals surface area contributed by atoms with Gasteiger partial charge in [0.05, 0.1) is 5.69 Å². The molecule has 0 bridgehead atoms. The van der Waals surface area contributed by atoms with Crippen LogP contribution in [0.5, 0.6) is 0 Å². The molecular weight excluding hydrogens is 785 g/mol. The highest BCUT2D eigenvalue weighted by molar-refractivity contribution is 5.89. The molecule has 13 rings (SSSR count). The molecule has 0 N–H and O–H groups in total. The van der Waals surface area contributed by atoms with Crippen LogP contribution >= 0.6 is 0 Å². The molecule has 2 atom stereocenters. The third kappa shape index (κ3) is 5.93. The highest BCUT2D eigenvalue weighted by atomic mass is 15.1. The first-order chi connectivity index (χ1) is 32.2. The fraction of sp³-hybridized carbons (Fsp3) is 0.143. The van der Waals surface area contributed by atoms with Crippen molar-refractivity contribution in [2.75, 3.05) is 9.80 Å². The maximum atomic E-state index is 2.48. The van der Waals surface area contributed by atoms with Crippen molar-refractivity contribution in [1.29, 1.82) is 0 Å². The minimum absolute atomic E-state index is 0.447. The molecule has 0 amide bonds. The van der Waals surface area contributed by atoms with Crippen LogP contribution in [-0.2, 0) is 5.41 Å². The van der Waals surface area contributed by atoms with E-state index in [0.29, 0.717) is 10.8 Å². The first-order valence-corrected chi connectivity index (χ1v) is 23.5. The Morgan fingerprint density at radius 3 is 1.03 bits per heavy atom. The summed E-state index contributed by atoms with van der Waals surface area (Å²) in [5.74, 6) is 2.99. The Kier molecular flexibility index (Phi) is 8.85. The fourth-order valence-electron chi connectivity index (χ4n) is 13.2. The van der Waals surface area contributed by atoms with Crippen molar-refractivity contribution in [3.63, 3.8) is 0 Å². The molecule has 0 aromatic heterocycles. The third-order valence-electron chi connectivity index (χ3n) is 16.1. The first-order valence-electron chi connectivity index (χ1n) is 23.5. The number of para-hydroxylation sites is 1. The number of hydrogen-bond acceptors (Lipinski definition) is 2. The molecule has 2 unspecified atom stereocenters. The smallest absolute Gasteiger partial charge is 0.0540 e. The van der Waals surface area contributed by atoms with Gasteiger partial charge in [0.15, 0.2) is 0 Å². The van der Waals surface area contributed by atoms with Crippen molar-refractivity contribution >= 4 is 34.1 Å². The summed E-state index contributed by atoms with van der Waals surface area (Å²) in [5.41, 5.74) is 19.2. The summed E-state index contributed by atoms with van der Waals surface area (Å²) in [6.45, 7) is 0. The van der Waals surface area contributed by atoms with E-state index in [1.807, 2.05) is 0 Å². The van der Waals surface area contributed by atoms with E-state index >= 15 is 0 Å². The normalized spacial score (nSPS) is 21.9. The first kappa shape index (κ1) is 38.1. The summed E-state index contributed by atoms with van der Waals surface area (Å²) in [7, 11) is 0. The summed E-state index contributed by atoms with van der Waals surface area (Å²) >= 11 is 0. The SMILES string of the molecule is c1ccc(-c2ccc(N(c3ccc(-c4ccccc4)cc3)c3ccc(-c4ccc(N(c5ccc(C67CC8CC9CC(C6)C987)cc5)c5ccccc5-c5ccccc5)cc4)cc3)cc2)cc1. The Bertz CT molecular complexity index is 3010. The van der Waals surface area contributed by atoms with Crippen molar-refractivity contribution in [2.45, 2.75) is 31.1 Å². The largest absolute Gasteiger partial charge is 0.311 e. The highest BCUT2D eigenvalue weighted by Crippen LogP contribution is 2.92. The molecule has 0 heterocycles. The second kappa shape index (κ2) is 15.1. The van der Waals surface area contributed by atoms with Crippen LogP contribution in [-0.4, -0.2) is 0 Å². The summed E-state index contributed by atoms with van der Waals surface area (Å²) in [6.07, 6.45) is 5.80. The number of hydrogen-bond donors (Lipinski definition) is 0. The fourth-order valence-corrected chi connectivity index (χ4v) is 13.2. The van der Waals surface area contributed by atoms with Gasteiger partial charge in [-0.3, -0.25) is 0 Å². The average Bonchev–Trinajstić information content (AvgIpc) is 3.36. The number of benzene rings is 9. The Morgan fingerprint density at radius 1 is 0.292 bits per heavy atom. The molecule has 1 spiro atoms. The zero-order chi connectivity index (χ0) is 43.0. The van der Waals surface area contributed by atoms with Gasteiger partial charge in [-0.25, -0.2) is 0 Å². The summed E-state index contributed by atoms with van der Waals surface area (Å²) in [4.78, 5) is 4.81. The van der Waals surface area contributed by atoms with Gasteiger partial charge in [-0.15, -0.1) is 0 Å². The van der Waals surface area contributed by atoms with E-state index in [9.17, 15) is 0 Å². The lowest BCUT2D eigenvalue weighted by Gasteiger charge is -2.91. The number of anilines is 6. The van der Waals surface area contributed by atoms with Crippen LogP contribution in [0.15, 0.2) is 237 Å². The number of nitrogens with zero attached hydrogens (tertiary/aromatic N) is 2. The Morgan fingerprint density at radius 2 is 0.631 bits per heavy atom. The van der Waals surface area contributed by atoms with E-state index in [-0.39, 0.29) is 0 Å². The van der Waals surface area contributed by atoms with E-state index in [4.69, 9.17) is 0 Å². The van der Waals surface area contributed by atoms with Gasteiger partial charge in [-0.05, 0) is 160 Å². The Balaban J connectivity index is 0.828. The van der Waals surface area contributed by atoms with E-state index in [0.717, 1.165) is 40.5 Å². The van der Waals surface area contributed by atoms with Crippen LogP contribution in [0.25, 0.3) is 44.5 Å². The highest BCUT2D eigenvalue weighted by Gasteiger charge is 2.87. The van der Waals surface area contributed by atoms with Gasteiger partial charge in [-0.1, -0.05) is 170 Å². The molecule has 2 nitrogen and oxygen atoms in total. The van der Waals surface area contributed by atoms with Crippen molar-refractivity contribution in [2.24, 2.45) is 23.2 Å². The second-order valence-corrected chi connectivity index (χ2v) is 19.0. The van der Waals surface area contributed by atoms with Gasteiger partial charge < -0.3 is 9.80 Å². The minimum atomic E-state index is 0.447. The van der Waals surface area contributed by atoms with Crippen LogP contribution in [0.3, 0.4) is 0 Å². The van der Waals surface area contributed by atoms with Crippen LogP contribution in [0.2, 0.25) is 0 Å². The molecule has 4 fully saturated rings. The molecule has 2 heteroatoms. The van der Waals surface area contributed by atoms with Gasteiger partial charge in [-0.2, -0.15) is 0 Å². The quantitative estimate of drug-likeness (QED) is 0.128. The van der Waals surface area contributed by atoms with Crippen molar-refractivity contribution in [3.05, 3.63) is 242 Å². The van der Waals surface area contributed by atoms with Gasteiger partial charge in [0.25, 0.3) is 0 Å². The van der Waals surface area contributed by atoms with Crippen molar-refractivity contribution in [1.82, 2.24) is 0 Å². The lowest BCUT2D eigenvalue weighted by molar-refractivity contribution is -0.395. The molecule has 9 aromatic carbocycles. The van der Waals surface area contributed by atoms with Gasteiger partial charge in [0, 0.05) is 39.4 Å². The van der Waals surface area contributed by atoms with Gasteiger partial charge in [0.2, 0.25) is 0 Å². The maximum absolute atomic E-state index is 2.48. The third-order valence-corrected chi connectivity index (χ3v) is 16.1. The maximum Gasteiger partial charge on any atom is 0.0540 e. The molecule has 0 radical (unpaired) electrons. The van der Waals surface area contributed by atoms with E-state index < -0.39 is 0 Å². The lowest BCUT2D eigenvalue weighted by atomic mass is 9.12. The van der Waals surface area contributed by atoms with E-state index in [1.165, 1.54) is 81.6 Å². The molecule has 0 aliphatic heterocycles. The predicted molar refractivity (Wildman–Crippen MR) is 271 cm³/mol. The summed E-state index contributed by atoms with van der Waals surface area (Å²) in [6, 6.07) is 86.7. The van der Waals surface area contributed by atoms with E-state index in [2.05, 4.69) is 246 Å². The monoisotopic (exact) mass is 834 g/mol. The van der Waals surface area contributed by atoms with Crippen LogP contribution < -0.4 is 9.80 Å². The molecule has 65 heavy (non-hydrogen) atoms. The van der Waals surface area contributed by atoms with Crippen LogP contribution in [0.1, 0.15) is 31.2 Å². The van der Waals surface area contributed by atoms with Crippen molar-refractivity contribution in [3.8, 4) is 44.5 Å². The summed E-state index contributed by atoms with van der Waals surface area (Å²) < 4.78 is 0. The molecule has 0 saturated heterocycles. The Hall–Kier alpha value is -7.42. The molecular formula is C63H50N2.